The SMILES string of the molecule is COC1=NC(F)(CF)C1. The zero-order chi connectivity index (χ0) is 6.91. The van der Waals surface area contributed by atoms with Crippen LogP contribution in [-0.4, -0.2) is 25.5 Å². The summed E-state index contributed by atoms with van der Waals surface area (Å²) < 4.78 is 28.6. The summed E-state index contributed by atoms with van der Waals surface area (Å²) in [6.07, 6.45) is -0.0278. The molecule has 1 atom stereocenters. The first kappa shape index (κ1) is 6.45. The second kappa shape index (κ2) is 1.93. The summed E-state index contributed by atoms with van der Waals surface area (Å²) in [5.41, 5.74) is 0. The predicted molar refractivity (Wildman–Crippen MR) is 28.9 cm³/mol. The molecule has 1 aliphatic rings. The van der Waals surface area contributed by atoms with E-state index in [2.05, 4.69) is 9.73 Å². The van der Waals surface area contributed by atoms with Crippen LogP contribution in [0.4, 0.5) is 8.78 Å². The number of rotatable bonds is 1. The van der Waals surface area contributed by atoms with Crippen LogP contribution >= 0.6 is 0 Å². The molecule has 0 saturated heterocycles. The molecule has 0 aromatic carbocycles. The Morgan fingerprint density at radius 3 is 2.78 bits per heavy atom. The maximum Gasteiger partial charge on any atom is 0.239 e. The van der Waals surface area contributed by atoms with Gasteiger partial charge in [0.25, 0.3) is 0 Å². The first-order valence-electron chi connectivity index (χ1n) is 2.58. The molecule has 0 aliphatic carbocycles. The molecule has 0 spiro atoms. The third kappa shape index (κ3) is 1.01. The van der Waals surface area contributed by atoms with Crippen molar-refractivity contribution >= 4 is 5.90 Å². The lowest BCUT2D eigenvalue weighted by molar-refractivity contribution is 0.0996. The molecule has 0 saturated carbocycles. The van der Waals surface area contributed by atoms with Crippen molar-refractivity contribution in [2.75, 3.05) is 13.8 Å². The summed E-state index contributed by atoms with van der Waals surface area (Å²) in [6.45, 7) is -1.06. The molecule has 0 amide bonds. The minimum absolute atomic E-state index is 0.0278. The van der Waals surface area contributed by atoms with Crippen LogP contribution in [-0.2, 0) is 4.74 Å². The zero-order valence-corrected chi connectivity index (χ0v) is 5.03. The van der Waals surface area contributed by atoms with Crippen molar-refractivity contribution in [2.24, 2.45) is 4.99 Å². The quantitative estimate of drug-likeness (QED) is 0.493. The number of halogens is 2. The molecule has 0 radical (unpaired) electrons. The molecule has 0 bridgehead atoms. The second-order valence-corrected chi connectivity index (χ2v) is 1.94. The molecular weight excluding hydrogens is 128 g/mol. The molecule has 1 aliphatic heterocycles. The van der Waals surface area contributed by atoms with Crippen LogP contribution in [0.25, 0.3) is 0 Å². The van der Waals surface area contributed by atoms with Crippen molar-refractivity contribution in [3.63, 3.8) is 0 Å². The minimum Gasteiger partial charge on any atom is -0.484 e. The van der Waals surface area contributed by atoms with Crippen LogP contribution in [0.2, 0.25) is 0 Å². The lowest BCUT2D eigenvalue weighted by Gasteiger charge is -2.26. The highest BCUT2D eigenvalue weighted by atomic mass is 19.2. The maximum absolute atomic E-state index is 12.4. The normalized spacial score (nSPS) is 33.0. The summed E-state index contributed by atoms with van der Waals surface area (Å²) in [6, 6.07) is 0. The largest absolute Gasteiger partial charge is 0.484 e. The van der Waals surface area contributed by atoms with E-state index in [0.717, 1.165) is 0 Å². The zero-order valence-electron chi connectivity index (χ0n) is 5.03. The molecule has 4 heteroatoms. The Morgan fingerprint density at radius 2 is 2.44 bits per heavy atom. The topological polar surface area (TPSA) is 21.6 Å². The monoisotopic (exact) mass is 135 g/mol. The van der Waals surface area contributed by atoms with Gasteiger partial charge in [0.1, 0.15) is 6.67 Å². The lowest BCUT2D eigenvalue weighted by Crippen LogP contribution is -2.37. The number of hydrogen-bond acceptors (Lipinski definition) is 2. The highest BCUT2D eigenvalue weighted by Gasteiger charge is 2.40. The third-order valence-corrected chi connectivity index (χ3v) is 1.19. The molecule has 0 fully saturated rings. The predicted octanol–water partition coefficient (Wildman–Crippen LogP) is 1.07. The van der Waals surface area contributed by atoms with Crippen molar-refractivity contribution in [1.29, 1.82) is 0 Å². The van der Waals surface area contributed by atoms with Crippen LogP contribution in [0.15, 0.2) is 4.99 Å². The van der Waals surface area contributed by atoms with Gasteiger partial charge in [-0.3, -0.25) is 0 Å². The van der Waals surface area contributed by atoms with E-state index in [0.29, 0.717) is 0 Å². The van der Waals surface area contributed by atoms with E-state index >= 15 is 0 Å². The van der Waals surface area contributed by atoms with Gasteiger partial charge in [0, 0.05) is 0 Å². The molecule has 0 aromatic rings. The summed E-state index contributed by atoms with van der Waals surface area (Å²) in [7, 11) is 1.39. The highest BCUT2D eigenvalue weighted by molar-refractivity contribution is 5.82. The van der Waals surface area contributed by atoms with E-state index in [1.54, 1.807) is 0 Å². The third-order valence-electron chi connectivity index (χ3n) is 1.19. The lowest BCUT2D eigenvalue weighted by atomic mass is 10.1. The van der Waals surface area contributed by atoms with Gasteiger partial charge in [-0.2, -0.15) is 0 Å². The Morgan fingerprint density at radius 1 is 1.89 bits per heavy atom. The van der Waals surface area contributed by atoms with Crippen molar-refractivity contribution in [3.8, 4) is 0 Å². The van der Waals surface area contributed by atoms with Gasteiger partial charge >= 0.3 is 0 Å². The summed E-state index contributed by atoms with van der Waals surface area (Å²) in [5, 5.41) is 0. The van der Waals surface area contributed by atoms with Crippen molar-refractivity contribution in [1.82, 2.24) is 0 Å². The van der Waals surface area contributed by atoms with E-state index in [9.17, 15) is 8.78 Å². The number of methoxy groups -OCH3 is 1. The van der Waals surface area contributed by atoms with E-state index in [1.807, 2.05) is 0 Å². The van der Waals surface area contributed by atoms with Crippen molar-refractivity contribution in [3.05, 3.63) is 0 Å². The molecule has 1 rings (SSSR count). The molecule has 1 unspecified atom stereocenters. The molecule has 0 N–H and O–H groups in total. The van der Waals surface area contributed by atoms with Gasteiger partial charge in [-0.15, -0.1) is 0 Å². The molecule has 2 nitrogen and oxygen atoms in total. The Bertz CT molecular complexity index is 148. The summed E-state index contributed by atoms with van der Waals surface area (Å²) >= 11 is 0. The Hall–Kier alpha value is -0.670. The Kier molecular flexibility index (Phi) is 1.38. The van der Waals surface area contributed by atoms with Gasteiger partial charge in [-0.05, 0) is 0 Å². The van der Waals surface area contributed by atoms with Gasteiger partial charge in [-0.1, -0.05) is 0 Å². The fourth-order valence-electron chi connectivity index (χ4n) is 0.638. The van der Waals surface area contributed by atoms with Gasteiger partial charge in [-0.25, -0.2) is 13.8 Å². The van der Waals surface area contributed by atoms with E-state index < -0.39 is 12.5 Å². The van der Waals surface area contributed by atoms with Gasteiger partial charge in [0.05, 0.1) is 13.5 Å². The summed E-state index contributed by atoms with van der Waals surface area (Å²) in [5.74, 6) is -1.68. The first-order valence-corrected chi connectivity index (χ1v) is 2.58. The number of alkyl halides is 2. The Balaban J connectivity index is 2.48. The highest BCUT2D eigenvalue weighted by Crippen LogP contribution is 2.28. The molecule has 9 heavy (non-hydrogen) atoms. The van der Waals surface area contributed by atoms with Gasteiger partial charge < -0.3 is 4.74 Å². The fourth-order valence-corrected chi connectivity index (χ4v) is 0.638. The van der Waals surface area contributed by atoms with Crippen molar-refractivity contribution in [2.45, 2.75) is 12.2 Å². The average molecular weight is 135 g/mol. The van der Waals surface area contributed by atoms with E-state index in [1.165, 1.54) is 7.11 Å². The fraction of sp³-hybridized carbons (Fsp3) is 0.800. The standard InChI is InChI=1S/C5H7F2NO/c1-9-4-2-5(7,3-6)8-4/h2-3H2,1H3. The van der Waals surface area contributed by atoms with E-state index in [4.69, 9.17) is 0 Å². The Labute approximate surface area is 51.5 Å². The number of aliphatic imine (C=N–C) groups is 1. The van der Waals surface area contributed by atoms with Crippen LogP contribution in [0.3, 0.4) is 0 Å². The molecule has 52 valence electrons. The number of nitrogens with zero attached hydrogens (tertiary/aromatic N) is 1. The van der Waals surface area contributed by atoms with Gasteiger partial charge in [0.15, 0.2) is 5.90 Å². The van der Waals surface area contributed by atoms with Crippen molar-refractivity contribution < 1.29 is 13.5 Å². The molecular formula is C5H7F2NO. The van der Waals surface area contributed by atoms with Gasteiger partial charge in [0.2, 0.25) is 5.79 Å². The number of ether oxygens (including phenoxy) is 1. The van der Waals surface area contributed by atoms with E-state index in [-0.39, 0.29) is 12.3 Å². The van der Waals surface area contributed by atoms with Crippen LogP contribution in [0.5, 0.6) is 0 Å². The molecule has 1 heterocycles. The average Bonchev–Trinajstić information content (AvgIpc) is 1.81. The number of hydrogen-bond donors (Lipinski definition) is 0. The van der Waals surface area contributed by atoms with Crippen LogP contribution in [0, 0.1) is 0 Å². The maximum atomic E-state index is 12.4. The summed E-state index contributed by atoms with van der Waals surface area (Å²) in [4.78, 5) is 3.24. The smallest absolute Gasteiger partial charge is 0.239 e. The molecule has 0 aromatic heterocycles. The second-order valence-electron chi connectivity index (χ2n) is 1.94. The van der Waals surface area contributed by atoms with Crippen LogP contribution in [0.1, 0.15) is 6.42 Å². The minimum atomic E-state index is -1.97. The van der Waals surface area contributed by atoms with Crippen LogP contribution < -0.4 is 0 Å². The first-order chi connectivity index (χ1) is 4.20.